The van der Waals surface area contributed by atoms with Crippen LogP contribution in [0.3, 0.4) is 0 Å². The van der Waals surface area contributed by atoms with Crippen molar-refractivity contribution in [2.45, 2.75) is 6.92 Å². The van der Waals surface area contributed by atoms with Crippen LogP contribution in [0, 0.1) is 6.92 Å². The van der Waals surface area contributed by atoms with E-state index in [1.807, 2.05) is 0 Å². The van der Waals surface area contributed by atoms with E-state index >= 15 is 0 Å². The second-order valence-electron chi connectivity index (χ2n) is 3.20. The van der Waals surface area contributed by atoms with Gasteiger partial charge in [0.15, 0.2) is 0 Å². The normalized spacial score (nSPS) is 10.8. The summed E-state index contributed by atoms with van der Waals surface area (Å²) in [4.78, 5) is 26.3. The van der Waals surface area contributed by atoms with E-state index in [4.69, 9.17) is 9.52 Å². The third-order valence-corrected chi connectivity index (χ3v) is 2.20. The van der Waals surface area contributed by atoms with Gasteiger partial charge in [-0.1, -0.05) is 0 Å². The average Bonchev–Trinajstić information content (AvgIpc) is 2.50. The van der Waals surface area contributed by atoms with Gasteiger partial charge in [-0.25, -0.2) is 9.78 Å². The number of aromatic carboxylic acids is 1. The zero-order valence-corrected chi connectivity index (χ0v) is 8.14. The first kappa shape index (κ1) is 9.45. The van der Waals surface area contributed by atoms with Crippen LogP contribution in [0.15, 0.2) is 15.5 Å². The van der Waals surface area contributed by atoms with Crippen molar-refractivity contribution in [3.8, 4) is 0 Å². The Labute approximate surface area is 83.8 Å². The lowest BCUT2D eigenvalue weighted by molar-refractivity contribution is 0.0663. The van der Waals surface area contributed by atoms with Crippen molar-refractivity contribution in [1.82, 2.24) is 9.55 Å². The number of aromatic nitrogens is 2. The summed E-state index contributed by atoms with van der Waals surface area (Å²) in [6.45, 7) is 1.53. The van der Waals surface area contributed by atoms with E-state index in [-0.39, 0.29) is 22.4 Å². The quantitative estimate of drug-likeness (QED) is 0.738. The predicted molar refractivity (Wildman–Crippen MR) is 50.9 cm³/mol. The van der Waals surface area contributed by atoms with Gasteiger partial charge in [-0.05, 0) is 6.92 Å². The third-order valence-electron chi connectivity index (χ3n) is 2.20. The molecule has 0 bridgehead atoms. The molecule has 0 aliphatic heterocycles. The fourth-order valence-corrected chi connectivity index (χ4v) is 1.41. The number of furan rings is 1. The van der Waals surface area contributed by atoms with Crippen LogP contribution in [0.2, 0.25) is 0 Å². The molecule has 15 heavy (non-hydrogen) atoms. The van der Waals surface area contributed by atoms with Crippen molar-refractivity contribution in [3.63, 3.8) is 0 Å². The maximum Gasteiger partial charge on any atom is 0.372 e. The van der Waals surface area contributed by atoms with E-state index in [9.17, 15) is 9.59 Å². The number of aryl methyl sites for hydroxylation is 2. The van der Waals surface area contributed by atoms with E-state index in [0.717, 1.165) is 0 Å². The standard InChI is InChI=1S/C9H8N2O4/c1-4-5-7(15-6(4)9(13)14)10-3-11(2)8(5)12/h3H,1-2H3,(H,13,14). The zero-order chi connectivity index (χ0) is 11.2. The maximum atomic E-state index is 11.7. The first-order chi connectivity index (χ1) is 7.02. The highest BCUT2D eigenvalue weighted by molar-refractivity contribution is 5.93. The van der Waals surface area contributed by atoms with Crippen LogP contribution >= 0.6 is 0 Å². The summed E-state index contributed by atoms with van der Waals surface area (Å²) in [7, 11) is 1.54. The summed E-state index contributed by atoms with van der Waals surface area (Å²) < 4.78 is 6.25. The van der Waals surface area contributed by atoms with E-state index < -0.39 is 5.97 Å². The Morgan fingerprint density at radius 3 is 2.87 bits per heavy atom. The summed E-state index contributed by atoms with van der Waals surface area (Å²) >= 11 is 0. The highest BCUT2D eigenvalue weighted by Gasteiger charge is 2.19. The van der Waals surface area contributed by atoms with Gasteiger partial charge in [0, 0.05) is 12.6 Å². The number of nitrogens with zero attached hydrogens (tertiary/aromatic N) is 2. The van der Waals surface area contributed by atoms with Gasteiger partial charge in [0.05, 0.1) is 0 Å². The van der Waals surface area contributed by atoms with Crippen molar-refractivity contribution < 1.29 is 14.3 Å². The molecule has 1 N–H and O–H groups in total. The molecule has 78 valence electrons. The lowest BCUT2D eigenvalue weighted by Crippen LogP contribution is -2.16. The van der Waals surface area contributed by atoms with Crippen LogP contribution in [0.5, 0.6) is 0 Å². The highest BCUT2D eigenvalue weighted by Crippen LogP contribution is 2.19. The molecule has 2 rings (SSSR count). The summed E-state index contributed by atoms with van der Waals surface area (Å²) in [6.07, 6.45) is 1.29. The van der Waals surface area contributed by atoms with Gasteiger partial charge in [0.1, 0.15) is 11.7 Å². The molecule has 2 heterocycles. The predicted octanol–water partition coefficient (Wildman–Crippen LogP) is 0.533. The molecule has 6 nitrogen and oxygen atoms in total. The summed E-state index contributed by atoms with van der Waals surface area (Å²) in [6, 6.07) is 0. The Hall–Kier alpha value is -2.11. The van der Waals surface area contributed by atoms with Crippen LogP contribution < -0.4 is 5.56 Å². The Balaban J connectivity index is 2.96. The van der Waals surface area contributed by atoms with Crippen LogP contribution in [0.1, 0.15) is 16.1 Å². The van der Waals surface area contributed by atoms with Crippen molar-refractivity contribution in [1.29, 1.82) is 0 Å². The highest BCUT2D eigenvalue weighted by atomic mass is 16.4. The van der Waals surface area contributed by atoms with Gasteiger partial charge < -0.3 is 14.1 Å². The lowest BCUT2D eigenvalue weighted by Gasteiger charge is -1.93. The van der Waals surface area contributed by atoms with Gasteiger partial charge in [0.2, 0.25) is 11.5 Å². The molecule has 0 atom stereocenters. The van der Waals surface area contributed by atoms with Crippen LogP contribution in [-0.2, 0) is 7.05 Å². The third kappa shape index (κ3) is 1.22. The molecule has 0 unspecified atom stereocenters. The SMILES string of the molecule is Cc1c(C(=O)O)oc2ncn(C)c(=O)c12. The van der Waals surface area contributed by atoms with Gasteiger partial charge in [-0.15, -0.1) is 0 Å². The molecule has 0 aromatic carbocycles. The summed E-state index contributed by atoms with van der Waals surface area (Å²) in [5.74, 6) is -1.44. The second-order valence-corrected chi connectivity index (χ2v) is 3.20. The number of carbonyl (C=O) groups is 1. The molecule has 0 spiro atoms. The first-order valence-electron chi connectivity index (χ1n) is 4.20. The Morgan fingerprint density at radius 2 is 2.27 bits per heavy atom. The molecule has 6 heteroatoms. The molecular formula is C9H8N2O4. The molecule has 2 aromatic rings. The number of carboxylic acids is 1. The fraction of sp³-hybridized carbons (Fsp3) is 0.222. The van der Waals surface area contributed by atoms with Crippen molar-refractivity contribution >= 4 is 17.1 Å². The van der Waals surface area contributed by atoms with Crippen molar-refractivity contribution in [3.05, 3.63) is 28.0 Å². The van der Waals surface area contributed by atoms with Crippen molar-refractivity contribution in [2.75, 3.05) is 0 Å². The monoisotopic (exact) mass is 208 g/mol. The van der Waals surface area contributed by atoms with Crippen LogP contribution in [0.4, 0.5) is 0 Å². The van der Waals surface area contributed by atoms with Gasteiger partial charge in [0.25, 0.3) is 5.56 Å². The van der Waals surface area contributed by atoms with Crippen LogP contribution in [0.25, 0.3) is 11.1 Å². The molecule has 0 fully saturated rings. The maximum absolute atomic E-state index is 11.7. The van der Waals surface area contributed by atoms with Crippen molar-refractivity contribution in [2.24, 2.45) is 7.05 Å². The zero-order valence-electron chi connectivity index (χ0n) is 8.14. The fourth-order valence-electron chi connectivity index (χ4n) is 1.41. The largest absolute Gasteiger partial charge is 0.475 e. The topological polar surface area (TPSA) is 85.3 Å². The molecule has 0 saturated carbocycles. The Kier molecular flexibility index (Phi) is 1.85. The smallest absolute Gasteiger partial charge is 0.372 e. The molecular weight excluding hydrogens is 200 g/mol. The first-order valence-corrected chi connectivity index (χ1v) is 4.20. The van der Waals surface area contributed by atoms with E-state index in [2.05, 4.69) is 4.98 Å². The van der Waals surface area contributed by atoms with Gasteiger partial charge in [-0.3, -0.25) is 4.79 Å². The minimum absolute atomic E-state index is 0.0630. The van der Waals surface area contributed by atoms with Gasteiger partial charge >= 0.3 is 5.97 Å². The minimum Gasteiger partial charge on any atom is -0.475 e. The lowest BCUT2D eigenvalue weighted by atomic mass is 10.2. The van der Waals surface area contributed by atoms with E-state index in [1.54, 1.807) is 7.05 Å². The summed E-state index contributed by atoms with van der Waals surface area (Å²) in [5.41, 5.74) is 0.0629. The molecule has 2 aromatic heterocycles. The van der Waals surface area contributed by atoms with Crippen LogP contribution in [-0.4, -0.2) is 20.6 Å². The van der Waals surface area contributed by atoms with E-state index in [1.165, 1.54) is 17.8 Å². The number of fused-ring (bicyclic) bond motifs is 1. The van der Waals surface area contributed by atoms with E-state index in [0.29, 0.717) is 5.56 Å². The Bertz CT molecular complexity index is 608. The second kappa shape index (κ2) is 2.94. The number of hydrogen-bond donors (Lipinski definition) is 1. The van der Waals surface area contributed by atoms with Gasteiger partial charge in [-0.2, -0.15) is 0 Å². The molecule has 0 saturated heterocycles. The molecule has 0 radical (unpaired) electrons. The average molecular weight is 208 g/mol. The number of rotatable bonds is 1. The molecule has 0 aliphatic carbocycles. The Morgan fingerprint density at radius 1 is 1.60 bits per heavy atom. The summed E-state index contributed by atoms with van der Waals surface area (Å²) in [5, 5.41) is 9.02. The molecule has 0 amide bonds. The minimum atomic E-state index is -1.20. The molecule has 0 aliphatic rings. The number of hydrogen-bond acceptors (Lipinski definition) is 4. The number of carboxylic acid groups (broad SMARTS) is 1.